The summed E-state index contributed by atoms with van der Waals surface area (Å²) < 4.78 is 19.0. The summed E-state index contributed by atoms with van der Waals surface area (Å²) in [6, 6.07) is 7.69. The number of benzene rings is 2. The van der Waals surface area contributed by atoms with Crippen molar-refractivity contribution in [2.75, 3.05) is 0 Å². The molecule has 0 spiro atoms. The van der Waals surface area contributed by atoms with Crippen LogP contribution in [0.3, 0.4) is 0 Å². The van der Waals surface area contributed by atoms with E-state index in [1.807, 2.05) is 0 Å². The smallest absolute Gasteiger partial charge is 0.272 e. The fourth-order valence-electron chi connectivity index (χ4n) is 1.59. The second kappa shape index (κ2) is 5.85. The lowest BCUT2D eigenvalue weighted by Gasteiger charge is -2.11. The molecule has 0 saturated heterocycles. The first-order valence-electron chi connectivity index (χ1n) is 5.53. The normalized spacial score (nSPS) is 10.3. The first-order valence-corrected chi connectivity index (χ1v) is 5.90. The van der Waals surface area contributed by atoms with Gasteiger partial charge in [0.05, 0.1) is 17.6 Å². The maximum Gasteiger partial charge on any atom is 0.272 e. The number of rotatable bonds is 4. The van der Waals surface area contributed by atoms with Gasteiger partial charge < -0.3 is 9.84 Å². The van der Waals surface area contributed by atoms with Crippen LogP contribution >= 0.6 is 11.6 Å². The monoisotopic (exact) mass is 297 g/mol. The van der Waals surface area contributed by atoms with Gasteiger partial charge in [-0.1, -0.05) is 17.7 Å². The summed E-state index contributed by atoms with van der Waals surface area (Å²) in [5.41, 5.74) is -0.0600. The number of nitro benzene ring substituents is 1. The largest absolute Gasteiger partial charge is 0.454 e. The van der Waals surface area contributed by atoms with Crippen molar-refractivity contribution in [2.24, 2.45) is 0 Å². The van der Waals surface area contributed by atoms with Crippen molar-refractivity contribution in [3.63, 3.8) is 0 Å². The maximum absolute atomic E-state index is 13.7. The van der Waals surface area contributed by atoms with Crippen molar-refractivity contribution in [1.82, 2.24) is 0 Å². The van der Waals surface area contributed by atoms with E-state index >= 15 is 0 Å². The van der Waals surface area contributed by atoms with Gasteiger partial charge in [-0.15, -0.1) is 0 Å². The summed E-state index contributed by atoms with van der Waals surface area (Å²) in [7, 11) is 0. The number of hydrogen-bond donors (Lipinski definition) is 1. The molecule has 0 unspecified atom stereocenters. The van der Waals surface area contributed by atoms with Crippen LogP contribution in [0, 0.1) is 15.9 Å². The van der Waals surface area contributed by atoms with Gasteiger partial charge in [0.25, 0.3) is 5.69 Å². The molecule has 0 saturated carbocycles. The molecule has 1 N–H and O–H groups in total. The van der Waals surface area contributed by atoms with Crippen molar-refractivity contribution >= 4 is 17.3 Å². The Bertz CT molecular complexity index is 663. The number of ether oxygens (including phenoxy) is 1. The first-order chi connectivity index (χ1) is 9.52. The Morgan fingerprint density at radius 2 is 2.05 bits per heavy atom. The number of hydrogen-bond acceptors (Lipinski definition) is 4. The van der Waals surface area contributed by atoms with Gasteiger partial charge in [-0.05, 0) is 18.2 Å². The molecule has 2 rings (SSSR count). The van der Waals surface area contributed by atoms with E-state index in [2.05, 4.69) is 0 Å². The van der Waals surface area contributed by atoms with Crippen LogP contribution in [-0.4, -0.2) is 10.0 Å². The average Bonchev–Trinajstić information content (AvgIpc) is 2.41. The Labute approximate surface area is 118 Å². The SMILES string of the molecule is O=[N+]([O-])c1ccc(Oc2cccc(Cl)c2CO)c(F)c1. The van der Waals surface area contributed by atoms with Crippen LogP contribution in [0.4, 0.5) is 10.1 Å². The number of aliphatic hydroxyl groups excluding tert-OH is 1. The molecule has 2 aromatic rings. The molecule has 0 radical (unpaired) electrons. The molecule has 2 aromatic carbocycles. The van der Waals surface area contributed by atoms with Gasteiger partial charge in [0, 0.05) is 16.7 Å². The molecule has 0 bridgehead atoms. The number of halogens is 2. The summed E-state index contributed by atoms with van der Waals surface area (Å²) >= 11 is 5.88. The summed E-state index contributed by atoms with van der Waals surface area (Å²) in [4.78, 5) is 9.81. The van der Waals surface area contributed by atoms with Gasteiger partial charge in [-0.3, -0.25) is 10.1 Å². The standard InChI is InChI=1S/C13H9ClFNO4/c14-10-2-1-3-12(9(10)7-17)20-13-5-4-8(16(18)19)6-11(13)15/h1-6,17H,7H2. The molecule has 0 amide bonds. The fourth-order valence-corrected chi connectivity index (χ4v) is 1.82. The van der Waals surface area contributed by atoms with Crippen LogP contribution in [0.2, 0.25) is 5.02 Å². The molecule has 0 fully saturated rings. The van der Waals surface area contributed by atoms with Gasteiger partial charge >= 0.3 is 0 Å². The van der Waals surface area contributed by atoms with Gasteiger partial charge in [-0.25, -0.2) is 4.39 Å². The predicted octanol–water partition coefficient (Wildman–Crippen LogP) is 3.67. The zero-order chi connectivity index (χ0) is 14.7. The van der Waals surface area contributed by atoms with E-state index in [-0.39, 0.29) is 28.8 Å². The summed E-state index contributed by atoms with van der Waals surface area (Å²) in [5.74, 6) is -0.872. The van der Waals surface area contributed by atoms with Gasteiger partial charge in [0.1, 0.15) is 5.75 Å². The van der Waals surface area contributed by atoms with Crippen LogP contribution in [0.1, 0.15) is 5.56 Å². The van der Waals surface area contributed by atoms with E-state index in [9.17, 15) is 19.6 Å². The van der Waals surface area contributed by atoms with Crippen LogP contribution in [-0.2, 0) is 6.61 Å². The maximum atomic E-state index is 13.7. The second-order valence-electron chi connectivity index (χ2n) is 3.85. The van der Waals surface area contributed by atoms with Gasteiger partial charge in [-0.2, -0.15) is 0 Å². The Morgan fingerprint density at radius 1 is 1.30 bits per heavy atom. The Kier molecular flexibility index (Phi) is 4.16. The molecule has 104 valence electrons. The third-order valence-electron chi connectivity index (χ3n) is 2.58. The average molecular weight is 298 g/mol. The molecule has 0 aliphatic carbocycles. The van der Waals surface area contributed by atoms with E-state index in [0.717, 1.165) is 18.2 Å². The van der Waals surface area contributed by atoms with Crippen LogP contribution in [0.5, 0.6) is 11.5 Å². The summed E-state index contributed by atoms with van der Waals surface area (Å²) in [5, 5.41) is 20.0. The highest BCUT2D eigenvalue weighted by molar-refractivity contribution is 6.31. The van der Waals surface area contributed by atoms with Crippen molar-refractivity contribution < 1.29 is 19.2 Å². The van der Waals surface area contributed by atoms with Crippen molar-refractivity contribution in [3.8, 4) is 11.5 Å². The summed E-state index contributed by atoms with van der Waals surface area (Å²) in [6.07, 6.45) is 0. The number of nitro groups is 1. The van der Waals surface area contributed by atoms with Crippen molar-refractivity contribution in [2.45, 2.75) is 6.61 Å². The molecule has 0 aliphatic rings. The second-order valence-corrected chi connectivity index (χ2v) is 4.26. The molecular weight excluding hydrogens is 289 g/mol. The Morgan fingerprint density at radius 3 is 2.65 bits per heavy atom. The van der Waals surface area contributed by atoms with Crippen LogP contribution in [0.25, 0.3) is 0 Å². The lowest BCUT2D eigenvalue weighted by Crippen LogP contribution is -1.96. The third-order valence-corrected chi connectivity index (χ3v) is 2.93. The van der Waals surface area contributed by atoms with E-state index in [4.69, 9.17) is 16.3 Å². The zero-order valence-electron chi connectivity index (χ0n) is 10.0. The van der Waals surface area contributed by atoms with Crippen molar-refractivity contribution in [3.05, 3.63) is 62.9 Å². The van der Waals surface area contributed by atoms with E-state index in [1.165, 1.54) is 6.07 Å². The zero-order valence-corrected chi connectivity index (χ0v) is 10.8. The van der Waals surface area contributed by atoms with E-state index in [0.29, 0.717) is 5.56 Å². The number of aliphatic hydroxyl groups is 1. The Balaban J connectivity index is 2.36. The molecule has 0 atom stereocenters. The van der Waals surface area contributed by atoms with Crippen molar-refractivity contribution in [1.29, 1.82) is 0 Å². The minimum atomic E-state index is -0.872. The van der Waals surface area contributed by atoms with Gasteiger partial charge in [0.2, 0.25) is 0 Å². The van der Waals surface area contributed by atoms with Crippen LogP contribution in [0.15, 0.2) is 36.4 Å². The van der Waals surface area contributed by atoms with Crippen LogP contribution < -0.4 is 4.74 Å². The molecular formula is C13H9ClFNO4. The van der Waals surface area contributed by atoms with E-state index in [1.54, 1.807) is 12.1 Å². The number of nitrogens with zero attached hydrogens (tertiary/aromatic N) is 1. The van der Waals surface area contributed by atoms with Gasteiger partial charge in [0.15, 0.2) is 11.6 Å². The molecule has 0 aliphatic heterocycles. The minimum Gasteiger partial charge on any atom is -0.454 e. The molecule has 0 aromatic heterocycles. The highest BCUT2D eigenvalue weighted by Crippen LogP contribution is 2.32. The fraction of sp³-hybridized carbons (Fsp3) is 0.0769. The molecule has 0 heterocycles. The minimum absolute atomic E-state index is 0.187. The third kappa shape index (κ3) is 2.87. The quantitative estimate of drug-likeness (QED) is 0.690. The molecule has 20 heavy (non-hydrogen) atoms. The van der Waals surface area contributed by atoms with E-state index < -0.39 is 10.7 Å². The number of non-ortho nitro benzene ring substituents is 1. The highest BCUT2D eigenvalue weighted by Gasteiger charge is 2.14. The first kappa shape index (κ1) is 14.2. The lowest BCUT2D eigenvalue weighted by molar-refractivity contribution is -0.385. The highest BCUT2D eigenvalue weighted by atomic mass is 35.5. The molecule has 7 heteroatoms. The molecule has 5 nitrogen and oxygen atoms in total. The Hall–Kier alpha value is -2.18. The predicted molar refractivity (Wildman–Crippen MR) is 70.5 cm³/mol. The topological polar surface area (TPSA) is 72.6 Å². The summed E-state index contributed by atoms with van der Waals surface area (Å²) in [6.45, 7) is -0.371. The lowest BCUT2D eigenvalue weighted by atomic mass is 10.2.